The predicted molar refractivity (Wildman–Crippen MR) is 98.0 cm³/mol. The van der Waals surface area contributed by atoms with Gasteiger partial charge in [0.2, 0.25) is 0 Å². The molecule has 2 nitrogen and oxygen atoms in total. The number of hydrogen-bond donors (Lipinski definition) is 1. The summed E-state index contributed by atoms with van der Waals surface area (Å²) in [5, 5.41) is 3.43. The minimum atomic E-state index is -0.0456. The van der Waals surface area contributed by atoms with Crippen LogP contribution >= 0.6 is 11.8 Å². The molecule has 1 N–H and O–H groups in total. The van der Waals surface area contributed by atoms with Gasteiger partial charge >= 0.3 is 0 Å². The van der Waals surface area contributed by atoms with Crippen LogP contribution in [0.25, 0.3) is 0 Å². The molecule has 1 unspecified atom stereocenters. The third kappa shape index (κ3) is 6.97. The van der Waals surface area contributed by atoms with E-state index in [4.69, 9.17) is 0 Å². The highest BCUT2D eigenvalue weighted by atomic mass is 32.2. The van der Waals surface area contributed by atoms with Crippen LogP contribution in [0.5, 0.6) is 0 Å². The van der Waals surface area contributed by atoms with Crippen molar-refractivity contribution >= 4 is 17.5 Å². The topological polar surface area (TPSA) is 29.1 Å². The van der Waals surface area contributed by atoms with Crippen molar-refractivity contribution in [3.63, 3.8) is 0 Å². The second-order valence-corrected chi connectivity index (χ2v) is 6.66. The molecule has 0 saturated heterocycles. The molecule has 0 heterocycles. The van der Waals surface area contributed by atoms with Gasteiger partial charge in [-0.25, -0.2) is 0 Å². The minimum Gasteiger partial charge on any atom is -0.307 e. The number of benzene rings is 1. The molecule has 1 rings (SSSR count). The number of ketones is 1. The van der Waals surface area contributed by atoms with Crippen molar-refractivity contribution in [3.05, 3.63) is 29.8 Å². The largest absolute Gasteiger partial charge is 0.307 e. The molecule has 0 spiro atoms. The number of thioether (sulfide) groups is 1. The molecule has 1 aromatic carbocycles. The van der Waals surface area contributed by atoms with E-state index in [1.165, 1.54) is 43.4 Å². The van der Waals surface area contributed by atoms with Gasteiger partial charge in [-0.2, -0.15) is 0 Å². The summed E-state index contributed by atoms with van der Waals surface area (Å²) in [5.74, 6) is 0.223. The third-order valence-corrected chi connectivity index (χ3v) is 4.76. The van der Waals surface area contributed by atoms with Crippen molar-refractivity contribution in [2.45, 2.75) is 69.7 Å². The van der Waals surface area contributed by atoms with E-state index in [1.54, 1.807) is 11.8 Å². The summed E-state index contributed by atoms with van der Waals surface area (Å²) >= 11 is 1.70. The summed E-state index contributed by atoms with van der Waals surface area (Å²) in [6, 6.07) is 7.90. The Morgan fingerprint density at radius 3 is 2.27 bits per heavy atom. The van der Waals surface area contributed by atoms with Crippen LogP contribution in [0.2, 0.25) is 0 Å². The smallest absolute Gasteiger partial charge is 0.179 e. The Kier molecular flexibility index (Phi) is 10.3. The van der Waals surface area contributed by atoms with Gasteiger partial charge in [-0.05, 0) is 37.8 Å². The van der Waals surface area contributed by atoms with Gasteiger partial charge < -0.3 is 5.32 Å². The molecule has 0 aromatic heterocycles. The van der Waals surface area contributed by atoms with Crippen molar-refractivity contribution in [3.8, 4) is 0 Å². The van der Waals surface area contributed by atoms with Gasteiger partial charge in [0.1, 0.15) is 0 Å². The summed E-state index contributed by atoms with van der Waals surface area (Å²) in [4.78, 5) is 13.7. The molecule has 22 heavy (non-hydrogen) atoms. The standard InChI is InChI=1S/C19H31NOS/c1-4-6-7-8-9-10-15-20-18(5-2)19(21)16-11-13-17(22-3)14-12-16/h11-14,18,20H,4-10,15H2,1-3H3. The summed E-state index contributed by atoms with van der Waals surface area (Å²) in [5.41, 5.74) is 0.820. The van der Waals surface area contributed by atoms with Crippen LogP contribution in [0, 0.1) is 0 Å². The summed E-state index contributed by atoms with van der Waals surface area (Å²) in [6.45, 7) is 5.26. The molecule has 124 valence electrons. The third-order valence-electron chi connectivity index (χ3n) is 4.02. The fourth-order valence-electron chi connectivity index (χ4n) is 2.56. The van der Waals surface area contributed by atoms with Gasteiger partial charge in [-0.3, -0.25) is 4.79 Å². The number of nitrogens with one attached hydrogen (secondary N) is 1. The molecule has 3 heteroatoms. The van der Waals surface area contributed by atoms with E-state index in [0.29, 0.717) is 0 Å². The average molecular weight is 322 g/mol. The number of rotatable bonds is 12. The lowest BCUT2D eigenvalue weighted by Gasteiger charge is -2.16. The van der Waals surface area contributed by atoms with Crippen molar-refractivity contribution < 1.29 is 4.79 Å². The highest BCUT2D eigenvalue weighted by Gasteiger charge is 2.17. The van der Waals surface area contributed by atoms with Crippen LogP contribution in [0.3, 0.4) is 0 Å². The van der Waals surface area contributed by atoms with Crippen LogP contribution in [0.4, 0.5) is 0 Å². The van der Waals surface area contributed by atoms with Crippen LogP contribution in [0.15, 0.2) is 29.2 Å². The average Bonchev–Trinajstić information content (AvgIpc) is 2.57. The van der Waals surface area contributed by atoms with E-state index >= 15 is 0 Å². The molecule has 0 aliphatic heterocycles. The molecule has 0 saturated carbocycles. The Morgan fingerprint density at radius 1 is 1.05 bits per heavy atom. The quantitative estimate of drug-likeness (QED) is 0.321. The van der Waals surface area contributed by atoms with Crippen LogP contribution in [0.1, 0.15) is 69.2 Å². The Hall–Kier alpha value is -0.800. The van der Waals surface area contributed by atoms with Gasteiger partial charge in [0.15, 0.2) is 5.78 Å². The lowest BCUT2D eigenvalue weighted by molar-refractivity contribution is 0.0940. The van der Waals surface area contributed by atoms with Gasteiger partial charge in [0.25, 0.3) is 0 Å². The SMILES string of the molecule is CCCCCCCCNC(CC)C(=O)c1ccc(SC)cc1. The van der Waals surface area contributed by atoms with Crippen molar-refractivity contribution in [1.29, 1.82) is 0 Å². The van der Waals surface area contributed by atoms with E-state index in [-0.39, 0.29) is 11.8 Å². The van der Waals surface area contributed by atoms with E-state index in [2.05, 4.69) is 19.2 Å². The summed E-state index contributed by atoms with van der Waals surface area (Å²) in [6.07, 6.45) is 10.6. The Balaban J connectivity index is 2.34. The minimum absolute atomic E-state index is 0.0456. The van der Waals surface area contributed by atoms with Crippen LogP contribution in [-0.4, -0.2) is 24.6 Å². The number of unbranched alkanes of at least 4 members (excludes halogenated alkanes) is 5. The van der Waals surface area contributed by atoms with Gasteiger partial charge in [-0.1, -0.05) is 58.1 Å². The zero-order valence-electron chi connectivity index (χ0n) is 14.4. The van der Waals surface area contributed by atoms with E-state index in [1.807, 2.05) is 30.5 Å². The summed E-state index contributed by atoms with van der Waals surface area (Å²) < 4.78 is 0. The van der Waals surface area contributed by atoms with Crippen LogP contribution in [-0.2, 0) is 0 Å². The van der Waals surface area contributed by atoms with Gasteiger partial charge in [0, 0.05) is 10.5 Å². The lowest BCUT2D eigenvalue weighted by atomic mass is 10.0. The molecule has 0 radical (unpaired) electrons. The first kappa shape index (κ1) is 19.2. The van der Waals surface area contributed by atoms with E-state index in [9.17, 15) is 4.79 Å². The molecule has 1 aromatic rings. The zero-order chi connectivity index (χ0) is 16.2. The van der Waals surface area contributed by atoms with Crippen molar-refractivity contribution in [2.75, 3.05) is 12.8 Å². The Bertz CT molecular complexity index is 416. The zero-order valence-corrected chi connectivity index (χ0v) is 15.2. The Labute approximate surface area is 140 Å². The van der Waals surface area contributed by atoms with Gasteiger partial charge in [-0.15, -0.1) is 11.8 Å². The monoisotopic (exact) mass is 321 g/mol. The van der Waals surface area contributed by atoms with Crippen molar-refractivity contribution in [1.82, 2.24) is 5.32 Å². The fraction of sp³-hybridized carbons (Fsp3) is 0.632. The van der Waals surface area contributed by atoms with E-state index < -0.39 is 0 Å². The summed E-state index contributed by atoms with van der Waals surface area (Å²) in [7, 11) is 0. The van der Waals surface area contributed by atoms with E-state index in [0.717, 1.165) is 18.5 Å². The molecule has 0 aliphatic carbocycles. The molecular formula is C19H31NOS. The maximum atomic E-state index is 12.5. The number of carbonyl (C=O) groups excluding carboxylic acids is 1. The number of carbonyl (C=O) groups is 1. The molecule has 0 fully saturated rings. The number of hydrogen-bond acceptors (Lipinski definition) is 3. The molecule has 0 aliphatic rings. The highest BCUT2D eigenvalue weighted by Crippen LogP contribution is 2.16. The first-order chi connectivity index (χ1) is 10.7. The molecule has 0 amide bonds. The second kappa shape index (κ2) is 11.7. The maximum Gasteiger partial charge on any atom is 0.179 e. The fourth-order valence-corrected chi connectivity index (χ4v) is 2.97. The first-order valence-corrected chi connectivity index (χ1v) is 9.87. The molecule has 1 atom stereocenters. The lowest BCUT2D eigenvalue weighted by Crippen LogP contribution is -2.36. The van der Waals surface area contributed by atoms with Crippen molar-refractivity contribution in [2.24, 2.45) is 0 Å². The molecule has 0 bridgehead atoms. The first-order valence-electron chi connectivity index (χ1n) is 8.64. The highest BCUT2D eigenvalue weighted by molar-refractivity contribution is 7.98. The normalized spacial score (nSPS) is 12.3. The van der Waals surface area contributed by atoms with Crippen LogP contribution < -0.4 is 5.32 Å². The number of Topliss-reactive ketones (excluding diaryl/α,β-unsaturated/α-hetero) is 1. The second-order valence-electron chi connectivity index (χ2n) is 5.78. The molecular weight excluding hydrogens is 290 g/mol. The maximum absolute atomic E-state index is 12.5. The van der Waals surface area contributed by atoms with Gasteiger partial charge in [0.05, 0.1) is 6.04 Å². The Morgan fingerprint density at radius 2 is 1.68 bits per heavy atom. The predicted octanol–water partition coefficient (Wildman–Crippen LogP) is 5.32.